The summed E-state index contributed by atoms with van der Waals surface area (Å²) in [5, 5.41) is 4.62. The number of carbonyl (C=O) groups is 2. The van der Waals surface area contributed by atoms with Crippen molar-refractivity contribution in [1.82, 2.24) is 19.9 Å². The van der Waals surface area contributed by atoms with E-state index in [-0.39, 0.29) is 18.2 Å². The lowest BCUT2D eigenvalue weighted by atomic mass is 10.0. The van der Waals surface area contributed by atoms with Gasteiger partial charge in [-0.05, 0) is 47.9 Å². The number of piperazine rings is 1. The number of hydrogen-bond acceptors (Lipinski definition) is 5. The molecule has 2 heterocycles. The van der Waals surface area contributed by atoms with Crippen molar-refractivity contribution in [3.8, 4) is 11.4 Å². The summed E-state index contributed by atoms with van der Waals surface area (Å²) in [5.41, 5.74) is 2.70. The molecule has 3 aromatic rings. The predicted octanol–water partition coefficient (Wildman–Crippen LogP) is 4.43. The zero-order valence-electron chi connectivity index (χ0n) is 18.8. The highest BCUT2D eigenvalue weighted by atomic mass is 35.5. The molecule has 0 bridgehead atoms. The molecule has 1 aliphatic heterocycles. The zero-order chi connectivity index (χ0) is 23.4. The van der Waals surface area contributed by atoms with Crippen LogP contribution in [0.2, 0.25) is 5.02 Å². The number of aromatic nitrogens is 2. The Morgan fingerprint density at radius 3 is 2.24 bits per heavy atom. The number of hydrogen-bond donors (Lipinski definition) is 0. The number of rotatable bonds is 6. The maximum Gasteiger partial charge on any atom is 0.253 e. The molecule has 1 fully saturated rings. The van der Waals surface area contributed by atoms with Gasteiger partial charge in [-0.15, -0.1) is 0 Å². The van der Waals surface area contributed by atoms with E-state index in [2.05, 4.69) is 24.0 Å². The van der Waals surface area contributed by atoms with Crippen LogP contribution in [0.5, 0.6) is 0 Å². The standard InChI is InChI=1S/C25H27ClN4O3/c1-17(2)18-3-5-20(6-4-18)25(32)30-15-13-29(14-16-30)23(31)12-11-22-27-24(28-33-22)19-7-9-21(26)10-8-19/h3-10,17H,11-16H2,1-2H3. The van der Waals surface area contributed by atoms with E-state index < -0.39 is 0 Å². The molecular weight excluding hydrogens is 440 g/mol. The van der Waals surface area contributed by atoms with Gasteiger partial charge in [0.1, 0.15) is 0 Å². The van der Waals surface area contributed by atoms with Crippen LogP contribution in [0.1, 0.15) is 48.0 Å². The summed E-state index contributed by atoms with van der Waals surface area (Å²) in [7, 11) is 0. The number of benzene rings is 2. The summed E-state index contributed by atoms with van der Waals surface area (Å²) >= 11 is 5.91. The van der Waals surface area contributed by atoms with E-state index in [1.807, 2.05) is 41.3 Å². The van der Waals surface area contributed by atoms with Gasteiger partial charge in [0.2, 0.25) is 17.6 Å². The maximum atomic E-state index is 12.8. The van der Waals surface area contributed by atoms with Gasteiger partial charge in [0.15, 0.2) is 0 Å². The normalized spacial score (nSPS) is 14.1. The molecule has 0 spiro atoms. The third-order valence-electron chi connectivity index (χ3n) is 5.87. The summed E-state index contributed by atoms with van der Waals surface area (Å²) < 4.78 is 5.29. The van der Waals surface area contributed by atoms with E-state index in [1.54, 1.807) is 17.0 Å². The molecule has 1 aromatic heterocycles. The minimum absolute atomic E-state index is 0.0120. The Hall–Kier alpha value is -3.19. The van der Waals surface area contributed by atoms with Crippen molar-refractivity contribution in [3.05, 3.63) is 70.6 Å². The van der Waals surface area contributed by atoms with Gasteiger partial charge < -0.3 is 14.3 Å². The molecule has 33 heavy (non-hydrogen) atoms. The zero-order valence-corrected chi connectivity index (χ0v) is 19.6. The minimum atomic E-state index is 0.0120. The van der Waals surface area contributed by atoms with E-state index in [1.165, 1.54) is 5.56 Å². The first-order chi connectivity index (χ1) is 15.9. The molecule has 2 aromatic carbocycles. The fourth-order valence-electron chi connectivity index (χ4n) is 3.80. The van der Waals surface area contributed by atoms with Crippen molar-refractivity contribution in [2.75, 3.05) is 26.2 Å². The van der Waals surface area contributed by atoms with Gasteiger partial charge in [0.25, 0.3) is 5.91 Å². The third-order valence-corrected chi connectivity index (χ3v) is 6.12. The quantitative estimate of drug-likeness (QED) is 0.537. The summed E-state index contributed by atoms with van der Waals surface area (Å²) in [4.78, 5) is 33.4. The van der Waals surface area contributed by atoms with E-state index in [0.717, 1.165) is 5.56 Å². The van der Waals surface area contributed by atoms with Crippen LogP contribution in [0.15, 0.2) is 53.1 Å². The highest BCUT2D eigenvalue weighted by molar-refractivity contribution is 6.30. The van der Waals surface area contributed by atoms with Crippen molar-refractivity contribution in [1.29, 1.82) is 0 Å². The number of amides is 2. The van der Waals surface area contributed by atoms with Crippen molar-refractivity contribution in [2.45, 2.75) is 32.6 Å². The lowest BCUT2D eigenvalue weighted by Crippen LogP contribution is -2.50. The second kappa shape index (κ2) is 10.2. The lowest BCUT2D eigenvalue weighted by Gasteiger charge is -2.35. The van der Waals surface area contributed by atoms with Gasteiger partial charge >= 0.3 is 0 Å². The first-order valence-electron chi connectivity index (χ1n) is 11.2. The molecule has 7 nitrogen and oxygen atoms in total. The van der Waals surface area contributed by atoms with Crippen molar-refractivity contribution >= 4 is 23.4 Å². The van der Waals surface area contributed by atoms with Crippen molar-refractivity contribution in [3.63, 3.8) is 0 Å². The maximum absolute atomic E-state index is 12.8. The van der Waals surface area contributed by atoms with E-state index >= 15 is 0 Å². The average Bonchev–Trinajstić information content (AvgIpc) is 3.32. The molecule has 8 heteroatoms. The van der Waals surface area contributed by atoms with Gasteiger partial charge in [-0.3, -0.25) is 9.59 Å². The van der Waals surface area contributed by atoms with Crippen LogP contribution < -0.4 is 0 Å². The van der Waals surface area contributed by atoms with Gasteiger partial charge in [0.05, 0.1) is 0 Å². The first kappa shape index (κ1) is 23.0. The van der Waals surface area contributed by atoms with Gasteiger partial charge in [-0.1, -0.05) is 42.7 Å². The monoisotopic (exact) mass is 466 g/mol. The highest BCUT2D eigenvalue weighted by Crippen LogP contribution is 2.20. The second-order valence-electron chi connectivity index (χ2n) is 8.47. The Morgan fingerprint density at radius 2 is 1.61 bits per heavy atom. The summed E-state index contributed by atoms with van der Waals surface area (Å²) in [6.07, 6.45) is 0.660. The molecule has 4 rings (SSSR count). The molecule has 0 aliphatic carbocycles. The Morgan fingerprint density at radius 1 is 0.970 bits per heavy atom. The fourth-order valence-corrected chi connectivity index (χ4v) is 3.92. The Kier molecular flexibility index (Phi) is 7.08. The molecule has 0 radical (unpaired) electrons. The summed E-state index contributed by atoms with van der Waals surface area (Å²) in [5.74, 6) is 1.36. The van der Waals surface area contributed by atoms with Crippen LogP contribution in [0, 0.1) is 0 Å². The van der Waals surface area contributed by atoms with E-state index in [9.17, 15) is 9.59 Å². The topological polar surface area (TPSA) is 79.5 Å². The fraction of sp³-hybridized carbons (Fsp3) is 0.360. The SMILES string of the molecule is CC(C)c1ccc(C(=O)N2CCN(C(=O)CCc3nc(-c4ccc(Cl)cc4)no3)CC2)cc1. The van der Waals surface area contributed by atoms with Crippen LogP contribution in [-0.2, 0) is 11.2 Å². The van der Waals surface area contributed by atoms with Gasteiger partial charge in [-0.25, -0.2) is 0 Å². The molecule has 0 N–H and O–H groups in total. The minimum Gasteiger partial charge on any atom is -0.339 e. The van der Waals surface area contributed by atoms with Crippen LogP contribution in [0.3, 0.4) is 0 Å². The molecule has 2 amide bonds. The van der Waals surface area contributed by atoms with Crippen LogP contribution in [0.25, 0.3) is 11.4 Å². The van der Waals surface area contributed by atoms with E-state index in [0.29, 0.717) is 60.8 Å². The molecule has 0 saturated carbocycles. The predicted molar refractivity (Wildman–Crippen MR) is 126 cm³/mol. The van der Waals surface area contributed by atoms with Gasteiger partial charge in [-0.2, -0.15) is 4.98 Å². The van der Waals surface area contributed by atoms with Crippen LogP contribution in [0.4, 0.5) is 0 Å². The second-order valence-corrected chi connectivity index (χ2v) is 8.90. The molecule has 0 atom stereocenters. The Labute approximate surface area is 198 Å². The largest absolute Gasteiger partial charge is 0.339 e. The Balaban J connectivity index is 1.25. The van der Waals surface area contributed by atoms with Crippen molar-refractivity contribution < 1.29 is 14.1 Å². The summed E-state index contributed by atoms with van der Waals surface area (Å²) in [6.45, 7) is 6.35. The highest BCUT2D eigenvalue weighted by Gasteiger charge is 2.25. The number of carbonyl (C=O) groups excluding carboxylic acids is 2. The molecule has 1 aliphatic rings. The molecule has 172 valence electrons. The van der Waals surface area contributed by atoms with Crippen LogP contribution in [-0.4, -0.2) is 57.9 Å². The summed E-state index contributed by atoms with van der Waals surface area (Å²) in [6, 6.07) is 15.0. The molecular formula is C25H27ClN4O3. The first-order valence-corrected chi connectivity index (χ1v) is 11.5. The average molecular weight is 467 g/mol. The number of halogens is 1. The van der Waals surface area contributed by atoms with Crippen LogP contribution >= 0.6 is 11.6 Å². The molecule has 0 unspecified atom stereocenters. The number of aryl methyl sites for hydroxylation is 1. The third kappa shape index (κ3) is 5.60. The number of nitrogens with zero attached hydrogens (tertiary/aromatic N) is 4. The smallest absolute Gasteiger partial charge is 0.253 e. The lowest BCUT2D eigenvalue weighted by molar-refractivity contribution is -0.132. The van der Waals surface area contributed by atoms with Crippen molar-refractivity contribution in [2.24, 2.45) is 0 Å². The van der Waals surface area contributed by atoms with Gasteiger partial charge in [0, 0.05) is 55.2 Å². The van der Waals surface area contributed by atoms with E-state index in [4.69, 9.17) is 16.1 Å². The Bertz CT molecular complexity index is 1100. The molecule has 1 saturated heterocycles.